The van der Waals surface area contributed by atoms with E-state index in [-0.39, 0.29) is 18.0 Å². The van der Waals surface area contributed by atoms with Gasteiger partial charge in [-0.05, 0) is 0 Å². The van der Waals surface area contributed by atoms with Gasteiger partial charge in [-0.1, -0.05) is 0 Å². The summed E-state index contributed by atoms with van der Waals surface area (Å²) < 4.78 is 26.2. The molecule has 0 aromatic carbocycles. The smallest absolute Gasteiger partial charge is 0.358 e. The highest BCUT2D eigenvalue weighted by atomic mass is 32.2. The zero-order valence-electron chi connectivity index (χ0n) is 9.50. The van der Waals surface area contributed by atoms with Crippen molar-refractivity contribution in [2.45, 2.75) is 0 Å². The third kappa shape index (κ3) is 4.77. The number of aromatic nitrogens is 2. The third-order valence-corrected chi connectivity index (χ3v) is 2.77. The predicted octanol–water partition coefficient (Wildman–Crippen LogP) is -0.280. The average Bonchev–Trinajstić information content (AvgIpc) is 2.27. The molecule has 1 N–H and O–H groups in total. The monoisotopic (exact) mass is 259 g/mol. The summed E-state index contributed by atoms with van der Waals surface area (Å²) in [6.07, 6.45) is 3.75. The number of carbonyl (C=O) groups is 1. The van der Waals surface area contributed by atoms with E-state index >= 15 is 0 Å². The van der Waals surface area contributed by atoms with Crippen molar-refractivity contribution in [3.8, 4) is 0 Å². The summed E-state index contributed by atoms with van der Waals surface area (Å²) in [6, 6.07) is 0. The fourth-order valence-corrected chi connectivity index (χ4v) is 1.47. The topological polar surface area (TPSA) is 98.2 Å². The molecule has 0 amide bonds. The fourth-order valence-electron chi connectivity index (χ4n) is 0.994. The number of hydrogen-bond acceptors (Lipinski definition) is 7. The highest BCUT2D eigenvalue weighted by molar-refractivity contribution is 7.90. The Labute approximate surface area is 99.1 Å². The molecule has 0 fully saturated rings. The Morgan fingerprint density at radius 2 is 2.12 bits per heavy atom. The number of sulfone groups is 1. The molecule has 0 aliphatic rings. The minimum absolute atomic E-state index is 0.00737. The number of methoxy groups -OCH3 is 1. The van der Waals surface area contributed by atoms with Gasteiger partial charge in [-0.2, -0.15) is 0 Å². The summed E-state index contributed by atoms with van der Waals surface area (Å²) in [5.74, 6) is -0.158. The largest absolute Gasteiger partial charge is 0.464 e. The summed E-state index contributed by atoms with van der Waals surface area (Å²) in [4.78, 5) is 18.8. The van der Waals surface area contributed by atoms with Crippen molar-refractivity contribution >= 4 is 21.6 Å². The van der Waals surface area contributed by atoms with Crippen LogP contribution < -0.4 is 5.32 Å². The summed E-state index contributed by atoms with van der Waals surface area (Å²) in [6.45, 7) is 0.241. The van der Waals surface area contributed by atoms with E-state index < -0.39 is 15.8 Å². The van der Waals surface area contributed by atoms with E-state index in [1.807, 2.05) is 0 Å². The molecular weight excluding hydrogens is 246 g/mol. The SMILES string of the molecule is COC(=O)c1cnc(NCCS(C)(=O)=O)cn1. The maximum atomic E-state index is 11.0. The number of nitrogens with one attached hydrogen (secondary N) is 1. The highest BCUT2D eigenvalue weighted by Gasteiger charge is 2.07. The van der Waals surface area contributed by atoms with E-state index in [4.69, 9.17) is 0 Å². The second-order valence-electron chi connectivity index (χ2n) is 3.34. The summed E-state index contributed by atoms with van der Waals surface area (Å²) in [7, 11) is -1.75. The van der Waals surface area contributed by atoms with Gasteiger partial charge >= 0.3 is 5.97 Å². The number of carbonyl (C=O) groups excluding carboxylic acids is 1. The van der Waals surface area contributed by atoms with E-state index in [2.05, 4.69) is 20.0 Å². The lowest BCUT2D eigenvalue weighted by Crippen LogP contribution is -2.15. The van der Waals surface area contributed by atoms with Gasteiger partial charge in [0.15, 0.2) is 5.69 Å². The van der Waals surface area contributed by atoms with Crippen molar-refractivity contribution < 1.29 is 17.9 Å². The predicted molar refractivity (Wildman–Crippen MR) is 61.6 cm³/mol. The van der Waals surface area contributed by atoms with Crippen LogP contribution in [0.4, 0.5) is 5.82 Å². The molecular formula is C9H13N3O4S. The van der Waals surface area contributed by atoms with Crippen LogP contribution in [0.1, 0.15) is 10.5 Å². The molecule has 1 aromatic heterocycles. The van der Waals surface area contributed by atoms with E-state index in [1.54, 1.807) is 0 Å². The first-order chi connectivity index (χ1) is 7.92. The fraction of sp³-hybridized carbons (Fsp3) is 0.444. The number of nitrogens with zero attached hydrogens (tertiary/aromatic N) is 2. The number of hydrogen-bond donors (Lipinski definition) is 1. The normalized spacial score (nSPS) is 10.9. The highest BCUT2D eigenvalue weighted by Crippen LogP contribution is 2.01. The minimum Gasteiger partial charge on any atom is -0.464 e. The first kappa shape index (κ1) is 13.4. The Balaban J connectivity index is 2.54. The van der Waals surface area contributed by atoms with Crippen LogP contribution in [0.3, 0.4) is 0 Å². The van der Waals surface area contributed by atoms with E-state index in [0.717, 1.165) is 6.26 Å². The molecule has 0 aliphatic carbocycles. The number of anilines is 1. The summed E-state index contributed by atoms with van der Waals surface area (Å²) >= 11 is 0. The van der Waals surface area contributed by atoms with Crippen LogP contribution in [0.5, 0.6) is 0 Å². The zero-order chi connectivity index (χ0) is 12.9. The first-order valence-corrected chi connectivity index (χ1v) is 6.80. The first-order valence-electron chi connectivity index (χ1n) is 4.74. The van der Waals surface area contributed by atoms with E-state index in [1.165, 1.54) is 19.5 Å². The van der Waals surface area contributed by atoms with Crippen LogP contribution in [-0.4, -0.2) is 50.0 Å². The van der Waals surface area contributed by atoms with Crippen LogP contribution in [0.25, 0.3) is 0 Å². The molecule has 0 unspecified atom stereocenters. The van der Waals surface area contributed by atoms with Gasteiger partial charge in [0.1, 0.15) is 15.7 Å². The number of rotatable bonds is 5. The van der Waals surface area contributed by atoms with Crippen molar-refractivity contribution in [2.75, 3.05) is 31.0 Å². The van der Waals surface area contributed by atoms with E-state index in [0.29, 0.717) is 5.82 Å². The molecule has 0 radical (unpaired) electrons. The third-order valence-electron chi connectivity index (χ3n) is 1.83. The molecule has 1 heterocycles. The van der Waals surface area contributed by atoms with Gasteiger partial charge in [-0.25, -0.2) is 23.2 Å². The van der Waals surface area contributed by atoms with Crippen LogP contribution >= 0.6 is 0 Å². The van der Waals surface area contributed by atoms with Crippen molar-refractivity contribution in [1.82, 2.24) is 9.97 Å². The van der Waals surface area contributed by atoms with Gasteiger partial charge in [0.25, 0.3) is 0 Å². The second-order valence-corrected chi connectivity index (χ2v) is 5.59. The molecule has 1 aromatic rings. The number of esters is 1. The lowest BCUT2D eigenvalue weighted by atomic mass is 10.4. The zero-order valence-corrected chi connectivity index (χ0v) is 10.3. The van der Waals surface area contributed by atoms with Gasteiger partial charge in [0, 0.05) is 12.8 Å². The van der Waals surface area contributed by atoms with Crippen LogP contribution in [0.15, 0.2) is 12.4 Å². The molecule has 17 heavy (non-hydrogen) atoms. The number of ether oxygens (including phenoxy) is 1. The van der Waals surface area contributed by atoms with Crippen LogP contribution in [0, 0.1) is 0 Å². The second kappa shape index (κ2) is 5.58. The quantitative estimate of drug-likeness (QED) is 0.726. The van der Waals surface area contributed by atoms with Crippen molar-refractivity contribution in [3.63, 3.8) is 0 Å². The lowest BCUT2D eigenvalue weighted by molar-refractivity contribution is 0.0593. The molecule has 0 bridgehead atoms. The Kier molecular flexibility index (Phi) is 4.38. The van der Waals surface area contributed by atoms with Gasteiger partial charge in [0.05, 0.1) is 25.3 Å². The molecule has 0 spiro atoms. The lowest BCUT2D eigenvalue weighted by Gasteiger charge is -2.04. The van der Waals surface area contributed by atoms with Crippen LogP contribution in [-0.2, 0) is 14.6 Å². The maximum absolute atomic E-state index is 11.0. The summed E-state index contributed by atoms with van der Waals surface area (Å²) in [5.41, 5.74) is 0.0983. The van der Waals surface area contributed by atoms with Gasteiger partial charge in [0.2, 0.25) is 0 Å². The maximum Gasteiger partial charge on any atom is 0.358 e. The Hall–Kier alpha value is -1.70. The Bertz CT molecular complexity index is 483. The molecule has 0 saturated heterocycles. The van der Waals surface area contributed by atoms with Gasteiger partial charge in [-0.3, -0.25) is 0 Å². The summed E-state index contributed by atoms with van der Waals surface area (Å²) in [5, 5.41) is 2.78. The van der Waals surface area contributed by atoms with Crippen molar-refractivity contribution in [3.05, 3.63) is 18.1 Å². The molecule has 94 valence electrons. The molecule has 7 nitrogen and oxygen atoms in total. The average molecular weight is 259 g/mol. The Morgan fingerprint density at radius 3 is 2.59 bits per heavy atom. The molecule has 1 rings (SSSR count). The molecule has 0 aliphatic heterocycles. The minimum atomic E-state index is -3.00. The van der Waals surface area contributed by atoms with Crippen molar-refractivity contribution in [2.24, 2.45) is 0 Å². The van der Waals surface area contributed by atoms with Crippen LogP contribution in [0.2, 0.25) is 0 Å². The van der Waals surface area contributed by atoms with Gasteiger partial charge in [-0.15, -0.1) is 0 Å². The molecule has 8 heteroatoms. The van der Waals surface area contributed by atoms with Crippen molar-refractivity contribution in [1.29, 1.82) is 0 Å². The Morgan fingerprint density at radius 1 is 1.41 bits per heavy atom. The molecule has 0 saturated carbocycles. The van der Waals surface area contributed by atoms with Gasteiger partial charge < -0.3 is 10.1 Å². The standard InChI is InChI=1S/C9H13N3O4S/c1-16-9(13)7-5-12-8(6-11-7)10-3-4-17(2,14)15/h5-6H,3-4H2,1-2H3,(H,10,12). The molecule has 0 atom stereocenters. The van der Waals surface area contributed by atoms with E-state index in [9.17, 15) is 13.2 Å².